The number of halogens is 4. The quantitative estimate of drug-likeness (QED) is 0.311. The van der Waals surface area contributed by atoms with Crippen molar-refractivity contribution in [1.82, 2.24) is 0 Å². The van der Waals surface area contributed by atoms with Crippen molar-refractivity contribution in [2.75, 3.05) is 0 Å². The summed E-state index contributed by atoms with van der Waals surface area (Å²) in [6, 6.07) is 11.4. The van der Waals surface area contributed by atoms with E-state index in [1.54, 1.807) is 0 Å². The Morgan fingerprint density at radius 3 is 1.69 bits per heavy atom. The van der Waals surface area contributed by atoms with Gasteiger partial charge in [0.1, 0.15) is 11.5 Å². The Bertz CT molecular complexity index is 1170. The van der Waals surface area contributed by atoms with Crippen molar-refractivity contribution in [2.24, 2.45) is 0 Å². The number of benzene rings is 3. The minimum Gasteiger partial charge on any atom is -0.507 e. The molecule has 0 amide bonds. The summed E-state index contributed by atoms with van der Waals surface area (Å²) in [5, 5.41) is 21.5. The highest BCUT2D eigenvalue weighted by atomic mass is 35.5. The van der Waals surface area contributed by atoms with Crippen LogP contribution < -0.4 is 0 Å². The molecular formula is C19H12Cl4O5S. The third-order valence-electron chi connectivity index (χ3n) is 4.38. The SMILES string of the molecule is O=S(=O)(O)C(c1ccc(Cl)cc1)(c1ccc(Cl)c(Cl)c1)c1c(O)cc(Cl)cc1O. The summed E-state index contributed by atoms with van der Waals surface area (Å²) >= 11 is 23.9. The van der Waals surface area contributed by atoms with Crippen molar-refractivity contribution in [3.8, 4) is 11.5 Å². The van der Waals surface area contributed by atoms with Gasteiger partial charge in [-0.1, -0.05) is 64.6 Å². The number of rotatable bonds is 4. The molecule has 0 saturated carbocycles. The van der Waals surface area contributed by atoms with Gasteiger partial charge in [-0.25, -0.2) is 0 Å². The van der Waals surface area contributed by atoms with E-state index in [0.29, 0.717) is 5.02 Å². The largest absolute Gasteiger partial charge is 0.507 e. The van der Waals surface area contributed by atoms with Crippen LogP contribution in [0.5, 0.6) is 11.5 Å². The Kier molecular flexibility index (Phi) is 5.98. The topological polar surface area (TPSA) is 94.8 Å². The van der Waals surface area contributed by atoms with E-state index in [0.717, 1.165) is 12.1 Å². The number of phenolic OH excluding ortho intramolecular Hbond substituents is 2. The first-order valence-electron chi connectivity index (χ1n) is 7.89. The van der Waals surface area contributed by atoms with Crippen LogP contribution in [0.3, 0.4) is 0 Å². The van der Waals surface area contributed by atoms with Crippen LogP contribution in [0.1, 0.15) is 16.7 Å². The molecule has 3 N–H and O–H groups in total. The first-order chi connectivity index (χ1) is 13.5. The maximum Gasteiger partial charge on any atom is 0.283 e. The Morgan fingerprint density at radius 1 is 0.690 bits per heavy atom. The molecule has 0 spiro atoms. The molecule has 1 atom stereocenters. The minimum absolute atomic E-state index is 0.000835. The lowest BCUT2D eigenvalue weighted by atomic mass is 9.83. The molecule has 0 radical (unpaired) electrons. The molecule has 0 saturated heterocycles. The first kappa shape index (κ1) is 22.0. The molecular weight excluding hydrogens is 482 g/mol. The average Bonchev–Trinajstić information content (AvgIpc) is 2.60. The van der Waals surface area contributed by atoms with E-state index in [9.17, 15) is 23.2 Å². The summed E-state index contributed by atoms with van der Waals surface area (Å²) in [7, 11) is -5.09. The van der Waals surface area contributed by atoms with Crippen LogP contribution in [0, 0.1) is 0 Å². The average molecular weight is 494 g/mol. The number of aromatic hydroxyl groups is 2. The van der Waals surface area contributed by atoms with Crippen LogP contribution >= 0.6 is 46.4 Å². The van der Waals surface area contributed by atoms with Gasteiger partial charge in [0.05, 0.1) is 15.6 Å². The van der Waals surface area contributed by atoms with E-state index in [1.165, 1.54) is 42.5 Å². The third-order valence-corrected chi connectivity index (χ3v) is 7.04. The van der Waals surface area contributed by atoms with Gasteiger partial charge in [-0.15, -0.1) is 0 Å². The standard InChI is InChI=1S/C19H12Cl4O5S/c20-12-4-1-10(2-5-12)19(29(26,27)28,11-3-6-14(22)15(23)7-11)18-16(24)8-13(21)9-17(18)25/h1-9,24-25H,(H,26,27,28). The maximum atomic E-state index is 12.9. The summed E-state index contributed by atoms with van der Waals surface area (Å²) in [5.41, 5.74) is -0.606. The zero-order chi connectivity index (χ0) is 21.6. The molecule has 152 valence electrons. The van der Waals surface area contributed by atoms with Gasteiger partial charge in [-0.3, -0.25) is 4.55 Å². The van der Waals surface area contributed by atoms with Gasteiger partial charge in [-0.2, -0.15) is 8.42 Å². The van der Waals surface area contributed by atoms with Crippen LogP contribution in [0.2, 0.25) is 20.1 Å². The van der Waals surface area contributed by atoms with Gasteiger partial charge in [0.25, 0.3) is 10.1 Å². The van der Waals surface area contributed by atoms with E-state index in [-0.39, 0.29) is 26.2 Å². The highest BCUT2D eigenvalue weighted by Gasteiger charge is 2.52. The second-order valence-corrected chi connectivity index (χ2v) is 9.36. The van der Waals surface area contributed by atoms with Crippen LogP contribution in [0.15, 0.2) is 54.6 Å². The van der Waals surface area contributed by atoms with E-state index in [2.05, 4.69) is 0 Å². The molecule has 0 aliphatic heterocycles. The number of phenols is 2. The molecule has 29 heavy (non-hydrogen) atoms. The van der Waals surface area contributed by atoms with E-state index in [4.69, 9.17) is 46.4 Å². The van der Waals surface area contributed by atoms with Crippen LogP contribution in [-0.2, 0) is 14.9 Å². The summed E-state index contributed by atoms with van der Waals surface area (Å²) < 4.78 is 33.8. The lowest BCUT2D eigenvalue weighted by Gasteiger charge is -2.33. The van der Waals surface area contributed by atoms with Crippen LogP contribution in [0.25, 0.3) is 0 Å². The highest BCUT2D eigenvalue weighted by molar-refractivity contribution is 7.87. The lowest BCUT2D eigenvalue weighted by Crippen LogP contribution is -2.38. The van der Waals surface area contributed by atoms with Crippen molar-refractivity contribution in [3.63, 3.8) is 0 Å². The second kappa shape index (κ2) is 7.87. The summed E-state index contributed by atoms with van der Waals surface area (Å²) in [5.74, 6) is -1.32. The van der Waals surface area contributed by atoms with Gasteiger partial charge in [0, 0.05) is 10.0 Å². The Balaban J connectivity index is 2.58. The van der Waals surface area contributed by atoms with Crippen LogP contribution in [-0.4, -0.2) is 23.2 Å². The van der Waals surface area contributed by atoms with Crippen molar-refractivity contribution >= 4 is 56.5 Å². The number of hydrogen-bond acceptors (Lipinski definition) is 4. The fourth-order valence-corrected chi connectivity index (χ4v) is 5.18. The zero-order valence-corrected chi connectivity index (χ0v) is 18.1. The normalized spacial score (nSPS) is 13.8. The molecule has 0 aliphatic carbocycles. The molecule has 0 aromatic heterocycles. The van der Waals surface area contributed by atoms with Crippen molar-refractivity contribution < 1.29 is 23.2 Å². The van der Waals surface area contributed by atoms with Crippen molar-refractivity contribution in [3.05, 3.63) is 91.4 Å². The Labute approximate surface area is 186 Å². The Morgan fingerprint density at radius 2 is 1.21 bits per heavy atom. The van der Waals surface area contributed by atoms with Crippen molar-refractivity contribution in [2.45, 2.75) is 4.75 Å². The maximum absolute atomic E-state index is 12.9. The lowest BCUT2D eigenvalue weighted by molar-refractivity contribution is 0.416. The molecule has 3 rings (SSSR count). The molecule has 0 heterocycles. The van der Waals surface area contributed by atoms with Crippen molar-refractivity contribution in [1.29, 1.82) is 0 Å². The fraction of sp³-hybridized carbons (Fsp3) is 0.0526. The third kappa shape index (κ3) is 3.77. The fourth-order valence-electron chi connectivity index (χ4n) is 3.22. The molecule has 5 nitrogen and oxygen atoms in total. The highest BCUT2D eigenvalue weighted by Crippen LogP contribution is 2.52. The molecule has 10 heteroatoms. The molecule has 0 aliphatic rings. The Hall–Kier alpha value is -1.67. The van der Waals surface area contributed by atoms with Gasteiger partial charge in [0.15, 0.2) is 4.75 Å². The molecule has 0 fully saturated rings. The van der Waals surface area contributed by atoms with Gasteiger partial charge in [0.2, 0.25) is 0 Å². The first-order valence-corrected chi connectivity index (χ1v) is 10.8. The monoisotopic (exact) mass is 492 g/mol. The van der Waals surface area contributed by atoms with Gasteiger partial charge in [-0.05, 0) is 47.5 Å². The van der Waals surface area contributed by atoms with Crippen LogP contribution in [0.4, 0.5) is 0 Å². The van der Waals surface area contributed by atoms with E-state index in [1.807, 2.05) is 0 Å². The molecule has 1 unspecified atom stereocenters. The number of hydrogen-bond donors (Lipinski definition) is 3. The molecule has 0 bridgehead atoms. The van der Waals surface area contributed by atoms with E-state index < -0.39 is 31.9 Å². The van der Waals surface area contributed by atoms with Gasteiger partial charge < -0.3 is 10.2 Å². The smallest absolute Gasteiger partial charge is 0.283 e. The predicted octanol–water partition coefficient (Wildman–Crippen LogP) is 5.89. The predicted molar refractivity (Wildman–Crippen MR) is 114 cm³/mol. The summed E-state index contributed by atoms with van der Waals surface area (Å²) in [4.78, 5) is 0. The minimum atomic E-state index is -5.09. The summed E-state index contributed by atoms with van der Waals surface area (Å²) in [6.07, 6.45) is 0. The van der Waals surface area contributed by atoms with Gasteiger partial charge >= 0.3 is 0 Å². The molecule has 3 aromatic carbocycles. The zero-order valence-electron chi connectivity index (χ0n) is 14.3. The van der Waals surface area contributed by atoms with E-state index >= 15 is 0 Å². The summed E-state index contributed by atoms with van der Waals surface area (Å²) in [6.45, 7) is 0. The second-order valence-electron chi connectivity index (χ2n) is 6.11. The molecule has 3 aromatic rings.